The lowest BCUT2D eigenvalue weighted by Gasteiger charge is -2.41. The van der Waals surface area contributed by atoms with E-state index in [1.54, 1.807) is 12.4 Å². The molecule has 0 aromatic carbocycles. The second-order valence-corrected chi connectivity index (χ2v) is 4.79. The molecule has 96 valence electrons. The zero-order valence-electron chi connectivity index (χ0n) is 11.1. The molecule has 4 nitrogen and oxygen atoms in total. The fourth-order valence-electron chi connectivity index (χ4n) is 2.60. The van der Waals surface area contributed by atoms with Crippen LogP contribution in [0.1, 0.15) is 25.5 Å². The van der Waals surface area contributed by atoms with E-state index >= 15 is 0 Å². The van der Waals surface area contributed by atoms with Gasteiger partial charge in [0.25, 0.3) is 0 Å². The minimum Gasteiger partial charge on any atom is -0.301 e. The smallest absolute Gasteiger partial charge is 0.124 e. The Bertz CT molecular complexity index is 412. The molecule has 1 aromatic heterocycles. The van der Waals surface area contributed by atoms with Gasteiger partial charge in [0.15, 0.2) is 0 Å². The van der Waals surface area contributed by atoms with Gasteiger partial charge in [-0.1, -0.05) is 6.92 Å². The van der Waals surface area contributed by atoms with Gasteiger partial charge >= 0.3 is 0 Å². The van der Waals surface area contributed by atoms with Gasteiger partial charge in [0.1, 0.15) is 6.04 Å². The number of hydrogen-bond acceptors (Lipinski definition) is 4. The molecule has 0 spiro atoms. The standard InChI is InChI=1S/C14H20N4/c1-3-17-8-9-18(12(2)11-17)14(10-15)13-4-6-16-7-5-13/h4-7,12,14H,3,8-9,11H2,1-2H3. The first kappa shape index (κ1) is 13.0. The third-order valence-corrected chi connectivity index (χ3v) is 3.69. The molecule has 0 amide bonds. The summed E-state index contributed by atoms with van der Waals surface area (Å²) in [6, 6.07) is 6.57. The lowest BCUT2D eigenvalue weighted by atomic mass is 10.0. The average molecular weight is 244 g/mol. The summed E-state index contributed by atoms with van der Waals surface area (Å²) in [5.41, 5.74) is 1.05. The van der Waals surface area contributed by atoms with Crippen molar-refractivity contribution in [1.82, 2.24) is 14.8 Å². The Morgan fingerprint density at radius 3 is 2.72 bits per heavy atom. The number of likely N-dealkylation sites (N-methyl/N-ethyl adjacent to an activating group) is 1. The van der Waals surface area contributed by atoms with E-state index in [-0.39, 0.29) is 6.04 Å². The van der Waals surface area contributed by atoms with Crippen molar-refractivity contribution in [3.63, 3.8) is 0 Å². The highest BCUT2D eigenvalue weighted by molar-refractivity contribution is 5.22. The summed E-state index contributed by atoms with van der Waals surface area (Å²) in [6.07, 6.45) is 3.51. The Balaban J connectivity index is 2.13. The van der Waals surface area contributed by atoms with Crippen LogP contribution in [-0.2, 0) is 0 Å². The van der Waals surface area contributed by atoms with E-state index in [1.807, 2.05) is 12.1 Å². The molecule has 0 bridgehead atoms. The molecule has 1 aliphatic heterocycles. The van der Waals surface area contributed by atoms with Crippen molar-refractivity contribution in [3.05, 3.63) is 30.1 Å². The number of hydrogen-bond donors (Lipinski definition) is 0. The average Bonchev–Trinajstić information content (AvgIpc) is 2.42. The Labute approximate surface area is 109 Å². The van der Waals surface area contributed by atoms with Crippen molar-refractivity contribution in [2.24, 2.45) is 0 Å². The molecule has 1 fully saturated rings. The molecule has 1 aliphatic rings. The van der Waals surface area contributed by atoms with Crippen molar-refractivity contribution < 1.29 is 0 Å². The van der Waals surface area contributed by atoms with Crippen LogP contribution in [-0.4, -0.2) is 47.0 Å². The molecule has 2 unspecified atom stereocenters. The van der Waals surface area contributed by atoms with Crippen molar-refractivity contribution in [1.29, 1.82) is 5.26 Å². The van der Waals surface area contributed by atoms with Gasteiger partial charge < -0.3 is 4.90 Å². The molecule has 2 atom stereocenters. The van der Waals surface area contributed by atoms with Crippen LogP contribution in [0.15, 0.2) is 24.5 Å². The highest BCUT2D eigenvalue weighted by atomic mass is 15.3. The van der Waals surface area contributed by atoms with E-state index in [9.17, 15) is 5.26 Å². The normalized spacial score (nSPS) is 23.5. The quantitative estimate of drug-likeness (QED) is 0.811. The van der Waals surface area contributed by atoms with Gasteiger partial charge in [-0.2, -0.15) is 5.26 Å². The van der Waals surface area contributed by atoms with Crippen LogP contribution in [0.2, 0.25) is 0 Å². The fraction of sp³-hybridized carbons (Fsp3) is 0.571. The molecule has 0 N–H and O–H groups in total. The second-order valence-electron chi connectivity index (χ2n) is 4.79. The summed E-state index contributed by atoms with van der Waals surface area (Å²) < 4.78 is 0. The molecule has 4 heteroatoms. The maximum atomic E-state index is 9.45. The zero-order valence-corrected chi connectivity index (χ0v) is 11.1. The van der Waals surface area contributed by atoms with Crippen LogP contribution in [0, 0.1) is 11.3 Å². The van der Waals surface area contributed by atoms with Gasteiger partial charge in [0, 0.05) is 38.1 Å². The van der Waals surface area contributed by atoms with Gasteiger partial charge in [0.05, 0.1) is 6.07 Å². The maximum Gasteiger partial charge on any atom is 0.124 e. The Hall–Kier alpha value is -1.44. The predicted octanol–water partition coefficient (Wildman–Crippen LogP) is 1.67. The summed E-state index contributed by atoms with van der Waals surface area (Å²) in [6.45, 7) is 8.52. The molecule has 0 radical (unpaired) electrons. The van der Waals surface area contributed by atoms with Crippen LogP contribution in [0.5, 0.6) is 0 Å². The molecule has 1 aromatic rings. The van der Waals surface area contributed by atoms with Crippen LogP contribution in [0.4, 0.5) is 0 Å². The Morgan fingerprint density at radius 1 is 1.44 bits per heavy atom. The van der Waals surface area contributed by atoms with Gasteiger partial charge in [-0.25, -0.2) is 0 Å². The minimum atomic E-state index is -0.151. The number of aromatic nitrogens is 1. The van der Waals surface area contributed by atoms with E-state index in [2.05, 4.69) is 34.7 Å². The van der Waals surface area contributed by atoms with E-state index < -0.39 is 0 Å². The van der Waals surface area contributed by atoms with Gasteiger partial charge in [0.2, 0.25) is 0 Å². The Morgan fingerprint density at radius 2 is 2.17 bits per heavy atom. The number of nitriles is 1. The summed E-state index contributed by atoms with van der Waals surface area (Å²) in [7, 11) is 0. The van der Waals surface area contributed by atoms with Gasteiger partial charge in [-0.3, -0.25) is 9.88 Å². The van der Waals surface area contributed by atoms with Crippen molar-refractivity contribution in [2.45, 2.75) is 25.9 Å². The number of nitrogens with zero attached hydrogens (tertiary/aromatic N) is 4. The van der Waals surface area contributed by atoms with Crippen molar-refractivity contribution >= 4 is 0 Å². The van der Waals surface area contributed by atoms with E-state index in [4.69, 9.17) is 0 Å². The highest BCUT2D eigenvalue weighted by Gasteiger charge is 2.29. The molecular weight excluding hydrogens is 224 g/mol. The molecule has 2 heterocycles. The lowest BCUT2D eigenvalue weighted by Crippen LogP contribution is -2.52. The fourth-order valence-corrected chi connectivity index (χ4v) is 2.60. The third kappa shape index (κ3) is 2.69. The van der Waals surface area contributed by atoms with Crippen LogP contribution >= 0.6 is 0 Å². The summed E-state index contributed by atoms with van der Waals surface area (Å²) in [5.74, 6) is 0. The van der Waals surface area contributed by atoms with E-state index in [0.29, 0.717) is 6.04 Å². The molecule has 2 rings (SSSR count). The maximum absolute atomic E-state index is 9.45. The van der Waals surface area contributed by atoms with Gasteiger partial charge in [-0.15, -0.1) is 0 Å². The van der Waals surface area contributed by atoms with Crippen LogP contribution in [0.25, 0.3) is 0 Å². The number of rotatable bonds is 3. The topological polar surface area (TPSA) is 43.2 Å². The largest absolute Gasteiger partial charge is 0.301 e. The molecular formula is C14H20N4. The Kier molecular flexibility index (Phi) is 4.29. The SMILES string of the molecule is CCN1CCN(C(C#N)c2ccncc2)C(C)C1. The summed E-state index contributed by atoms with van der Waals surface area (Å²) >= 11 is 0. The first-order valence-corrected chi connectivity index (χ1v) is 6.54. The molecule has 0 aliphatic carbocycles. The van der Waals surface area contributed by atoms with Crippen LogP contribution in [0.3, 0.4) is 0 Å². The predicted molar refractivity (Wildman–Crippen MR) is 70.9 cm³/mol. The van der Waals surface area contributed by atoms with Crippen molar-refractivity contribution in [2.75, 3.05) is 26.2 Å². The minimum absolute atomic E-state index is 0.151. The van der Waals surface area contributed by atoms with E-state index in [0.717, 1.165) is 31.7 Å². The monoisotopic (exact) mass is 244 g/mol. The van der Waals surface area contributed by atoms with Crippen LogP contribution < -0.4 is 0 Å². The number of piperazine rings is 1. The highest BCUT2D eigenvalue weighted by Crippen LogP contribution is 2.24. The summed E-state index contributed by atoms with van der Waals surface area (Å²) in [5, 5.41) is 9.45. The summed E-state index contributed by atoms with van der Waals surface area (Å²) in [4.78, 5) is 8.74. The first-order valence-electron chi connectivity index (χ1n) is 6.54. The second kappa shape index (κ2) is 5.94. The molecule has 1 saturated heterocycles. The number of pyridine rings is 1. The zero-order chi connectivity index (χ0) is 13.0. The third-order valence-electron chi connectivity index (χ3n) is 3.69. The molecule has 0 saturated carbocycles. The van der Waals surface area contributed by atoms with Gasteiger partial charge in [-0.05, 0) is 31.2 Å². The molecule has 18 heavy (non-hydrogen) atoms. The van der Waals surface area contributed by atoms with Crippen molar-refractivity contribution in [3.8, 4) is 6.07 Å². The first-order chi connectivity index (χ1) is 8.76. The lowest BCUT2D eigenvalue weighted by molar-refractivity contribution is 0.0683. The van der Waals surface area contributed by atoms with E-state index in [1.165, 1.54) is 0 Å².